The Balaban J connectivity index is 1.85. The molecule has 1 aromatic heterocycles. The fourth-order valence-corrected chi connectivity index (χ4v) is 2.70. The minimum absolute atomic E-state index is 0.0101. The summed E-state index contributed by atoms with van der Waals surface area (Å²) in [5.74, 6) is 0.724. The SMILES string of the molecule is COCCN1CCC(CNc2ncc(C(F)(F)F)cc2Cl)C1. The van der Waals surface area contributed by atoms with E-state index in [9.17, 15) is 13.2 Å². The Morgan fingerprint density at radius 2 is 2.27 bits per heavy atom. The van der Waals surface area contributed by atoms with Crippen LogP contribution in [0.5, 0.6) is 0 Å². The number of hydrogen-bond donors (Lipinski definition) is 1. The molecule has 4 nitrogen and oxygen atoms in total. The van der Waals surface area contributed by atoms with Crippen LogP contribution in [0.4, 0.5) is 19.0 Å². The fraction of sp³-hybridized carbons (Fsp3) is 0.643. The van der Waals surface area contributed by atoms with Crippen molar-refractivity contribution in [2.75, 3.05) is 45.2 Å². The lowest BCUT2D eigenvalue weighted by Crippen LogP contribution is -2.26. The number of hydrogen-bond acceptors (Lipinski definition) is 4. The molecular formula is C14H19ClF3N3O. The van der Waals surface area contributed by atoms with Gasteiger partial charge in [0.15, 0.2) is 0 Å². The first kappa shape index (κ1) is 17.3. The molecule has 0 bridgehead atoms. The van der Waals surface area contributed by atoms with Crippen LogP contribution in [-0.2, 0) is 10.9 Å². The number of aromatic nitrogens is 1. The van der Waals surface area contributed by atoms with Gasteiger partial charge in [0.25, 0.3) is 0 Å². The van der Waals surface area contributed by atoms with Crippen LogP contribution in [-0.4, -0.2) is 49.8 Å². The van der Waals surface area contributed by atoms with E-state index in [4.69, 9.17) is 16.3 Å². The molecule has 124 valence electrons. The van der Waals surface area contributed by atoms with Crippen LogP contribution in [0.15, 0.2) is 12.3 Å². The van der Waals surface area contributed by atoms with Crippen molar-refractivity contribution in [2.24, 2.45) is 5.92 Å². The number of halogens is 4. The Morgan fingerprint density at radius 3 is 2.91 bits per heavy atom. The normalized spacial score (nSPS) is 19.6. The van der Waals surface area contributed by atoms with Gasteiger partial charge in [-0.05, 0) is 24.9 Å². The number of likely N-dealkylation sites (tertiary alicyclic amines) is 1. The lowest BCUT2D eigenvalue weighted by Gasteiger charge is -2.16. The van der Waals surface area contributed by atoms with E-state index in [1.807, 2.05) is 0 Å². The highest BCUT2D eigenvalue weighted by Crippen LogP contribution is 2.32. The molecular weight excluding hydrogens is 319 g/mol. The monoisotopic (exact) mass is 337 g/mol. The van der Waals surface area contributed by atoms with E-state index in [1.54, 1.807) is 7.11 Å². The predicted octanol–water partition coefficient (Wildman–Crippen LogP) is 3.13. The molecule has 1 unspecified atom stereocenters. The maximum Gasteiger partial charge on any atom is 0.417 e. The van der Waals surface area contributed by atoms with E-state index in [2.05, 4.69) is 15.2 Å². The summed E-state index contributed by atoms with van der Waals surface area (Å²) in [5.41, 5.74) is -0.838. The molecule has 1 aromatic rings. The number of methoxy groups -OCH3 is 1. The molecule has 8 heteroatoms. The number of anilines is 1. The van der Waals surface area contributed by atoms with Crippen LogP contribution >= 0.6 is 11.6 Å². The highest BCUT2D eigenvalue weighted by atomic mass is 35.5. The standard InChI is InChI=1S/C14H19ClF3N3O/c1-22-5-4-21-3-2-10(9-21)7-19-13-12(15)6-11(8-20-13)14(16,17)18/h6,8,10H,2-5,7,9H2,1H3,(H,19,20). The summed E-state index contributed by atoms with van der Waals surface area (Å²) in [6, 6.07) is 0.899. The van der Waals surface area contributed by atoms with Crippen LogP contribution in [0.25, 0.3) is 0 Å². The van der Waals surface area contributed by atoms with Gasteiger partial charge in [0.05, 0.1) is 17.2 Å². The second-order valence-corrected chi connectivity index (χ2v) is 5.79. The molecule has 0 aliphatic carbocycles. The minimum atomic E-state index is -4.43. The molecule has 22 heavy (non-hydrogen) atoms. The Kier molecular flexibility index (Phi) is 5.88. The number of rotatable bonds is 6. The molecule has 0 amide bonds. The van der Waals surface area contributed by atoms with Crippen LogP contribution in [0.3, 0.4) is 0 Å². The van der Waals surface area contributed by atoms with Crippen molar-refractivity contribution >= 4 is 17.4 Å². The quantitative estimate of drug-likeness (QED) is 0.865. The Morgan fingerprint density at radius 1 is 1.50 bits per heavy atom. The summed E-state index contributed by atoms with van der Waals surface area (Å²) >= 11 is 5.87. The fourth-order valence-electron chi connectivity index (χ4n) is 2.47. The molecule has 0 radical (unpaired) electrons. The van der Waals surface area contributed by atoms with Crippen molar-refractivity contribution in [3.63, 3.8) is 0 Å². The van der Waals surface area contributed by atoms with E-state index in [1.165, 1.54) is 0 Å². The third-order valence-corrected chi connectivity index (χ3v) is 4.00. The van der Waals surface area contributed by atoms with Crippen LogP contribution in [0.1, 0.15) is 12.0 Å². The molecule has 0 aromatic carbocycles. The zero-order valence-electron chi connectivity index (χ0n) is 12.3. The number of alkyl halides is 3. The van der Waals surface area contributed by atoms with E-state index in [0.717, 1.165) is 38.3 Å². The van der Waals surface area contributed by atoms with Crippen molar-refractivity contribution in [1.82, 2.24) is 9.88 Å². The van der Waals surface area contributed by atoms with Gasteiger partial charge in [-0.3, -0.25) is 0 Å². The number of nitrogens with one attached hydrogen (secondary N) is 1. The molecule has 1 N–H and O–H groups in total. The van der Waals surface area contributed by atoms with Crippen molar-refractivity contribution in [1.29, 1.82) is 0 Å². The van der Waals surface area contributed by atoms with Gasteiger partial charge in [-0.15, -0.1) is 0 Å². The van der Waals surface area contributed by atoms with Gasteiger partial charge < -0.3 is 15.0 Å². The van der Waals surface area contributed by atoms with Crippen molar-refractivity contribution < 1.29 is 17.9 Å². The number of nitrogens with zero attached hydrogens (tertiary/aromatic N) is 2. The Bertz CT molecular complexity index is 499. The first-order valence-electron chi connectivity index (χ1n) is 7.08. The van der Waals surface area contributed by atoms with E-state index >= 15 is 0 Å². The van der Waals surface area contributed by atoms with E-state index in [0.29, 0.717) is 24.9 Å². The maximum atomic E-state index is 12.5. The molecule has 2 rings (SSSR count). The van der Waals surface area contributed by atoms with Gasteiger partial charge in [0.2, 0.25) is 0 Å². The largest absolute Gasteiger partial charge is 0.417 e. The zero-order valence-corrected chi connectivity index (χ0v) is 13.0. The molecule has 1 aliphatic heterocycles. The Hall–Kier alpha value is -1.05. The van der Waals surface area contributed by atoms with Gasteiger partial charge >= 0.3 is 6.18 Å². The van der Waals surface area contributed by atoms with Gasteiger partial charge in [0, 0.05) is 32.9 Å². The lowest BCUT2D eigenvalue weighted by molar-refractivity contribution is -0.137. The third kappa shape index (κ3) is 4.72. The highest BCUT2D eigenvalue weighted by Gasteiger charge is 2.31. The molecule has 2 heterocycles. The minimum Gasteiger partial charge on any atom is -0.383 e. The Labute approximate surface area is 132 Å². The van der Waals surface area contributed by atoms with Crippen molar-refractivity contribution in [2.45, 2.75) is 12.6 Å². The third-order valence-electron chi connectivity index (χ3n) is 3.71. The van der Waals surface area contributed by atoms with Gasteiger partial charge in [-0.1, -0.05) is 11.6 Å². The second-order valence-electron chi connectivity index (χ2n) is 5.38. The summed E-state index contributed by atoms with van der Waals surface area (Å²) in [5, 5.41) is 3.03. The van der Waals surface area contributed by atoms with Crippen LogP contribution in [0.2, 0.25) is 5.02 Å². The predicted molar refractivity (Wildman–Crippen MR) is 79.2 cm³/mol. The van der Waals surface area contributed by atoms with Crippen molar-refractivity contribution in [3.05, 3.63) is 22.8 Å². The molecule has 1 aliphatic rings. The van der Waals surface area contributed by atoms with Crippen molar-refractivity contribution in [3.8, 4) is 0 Å². The summed E-state index contributed by atoms with van der Waals surface area (Å²) in [6.45, 7) is 4.18. The lowest BCUT2D eigenvalue weighted by atomic mass is 10.1. The summed E-state index contributed by atoms with van der Waals surface area (Å²) in [7, 11) is 1.67. The average molecular weight is 338 g/mol. The first-order valence-corrected chi connectivity index (χ1v) is 7.46. The summed E-state index contributed by atoms with van der Waals surface area (Å²) in [4.78, 5) is 6.08. The summed E-state index contributed by atoms with van der Waals surface area (Å²) < 4.78 is 42.7. The van der Waals surface area contributed by atoms with Gasteiger partial charge in [-0.2, -0.15) is 13.2 Å². The topological polar surface area (TPSA) is 37.4 Å². The van der Waals surface area contributed by atoms with Crippen LogP contribution < -0.4 is 5.32 Å². The van der Waals surface area contributed by atoms with E-state index in [-0.39, 0.29) is 5.02 Å². The first-order chi connectivity index (χ1) is 10.4. The molecule has 0 saturated carbocycles. The second kappa shape index (κ2) is 7.48. The van der Waals surface area contributed by atoms with Gasteiger partial charge in [-0.25, -0.2) is 4.98 Å². The molecule has 1 atom stereocenters. The molecule has 1 fully saturated rings. The number of pyridine rings is 1. The molecule has 1 saturated heterocycles. The zero-order chi connectivity index (χ0) is 16.2. The maximum absolute atomic E-state index is 12.5. The van der Waals surface area contributed by atoms with E-state index < -0.39 is 11.7 Å². The van der Waals surface area contributed by atoms with Crippen LogP contribution in [0, 0.1) is 5.92 Å². The highest BCUT2D eigenvalue weighted by molar-refractivity contribution is 6.32. The smallest absolute Gasteiger partial charge is 0.383 e. The summed E-state index contributed by atoms with van der Waals surface area (Å²) in [6.07, 6.45) is -2.59. The molecule has 0 spiro atoms. The van der Waals surface area contributed by atoms with Gasteiger partial charge in [0.1, 0.15) is 5.82 Å². The number of ether oxygens (including phenoxy) is 1. The average Bonchev–Trinajstić information content (AvgIpc) is 2.90.